The third-order valence-corrected chi connectivity index (χ3v) is 5.52. The third kappa shape index (κ3) is 3.68. The first kappa shape index (κ1) is 19.8. The Morgan fingerprint density at radius 3 is 2.27 bits per heavy atom. The summed E-state index contributed by atoms with van der Waals surface area (Å²) in [5.41, 5.74) is 5.02. The van der Waals surface area contributed by atoms with E-state index in [1.807, 2.05) is 68.4 Å². The van der Waals surface area contributed by atoms with Gasteiger partial charge >= 0.3 is 0 Å². The zero-order valence-corrected chi connectivity index (χ0v) is 17.4. The first-order valence-electron chi connectivity index (χ1n) is 10.0. The summed E-state index contributed by atoms with van der Waals surface area (Å²) in [5, 5.41) is 2.96. The number of rotatable bonds is 5. The molecule has 1 aliphatic heterocycles. The van der Waals surface area contributed by atoms with Gasteiger partial charge in [-0.15, -0.1) is 0 Å². The van der Waals surface area contributed by atoms with Crippen LogP contribution in [0.1, 0.15) is 34.6 Å². The second kappa shape index (κ2) is 8.06. The topological polar surface area (TPSA) is 63.6 Å². The lowest BCUT2D eigenvalue weighted by Gasteiger charge is -2.16. The van der Waals surface area contributed by atoms with Gasteiger partial charge in [0.1, 0.15) is 5.75 Å². The Morgan fingerprint density at radius 1 is 1.00 bits per heavy atom. The molecule has 4 rings (SSSR count). The fourth-order valence-corrected chi connectivity index (χ4v) is 3.97. The number of hydrogen-bond donors (Lipinski definition) is 1. The van der Waals surface area contributed by atoms with E-state index in [1.165, 1.54) is 0 Å². The number of nitrogens with one attached hydrogen (secondary N) is 1. The van der Waals surface area contributed by atoms with E-state index < -0.39 is 0 Å². The molecule has 3 aromatic rings. The first-order chi connectivity index (χ1) is 14.5. The summed E-state index contributed by atoms with van der Waals surface area (Å²) < 4.78 is 7.28. The molecule has 0 saturated carbocycles. The van der Waals surface area contributed by atoms with Crippen LogP contribution in [0.4, 0.5) is 11.4 Å². The predicted octanol–water partition coefficient (Wildman–Crippen LogP) is 4.48. The SMILES string of the molecule is COc1ccc(-n2c(C)cc(C(=O)Nc3ccc(N4CCCC4=O)cc3)c2C)cc1. The smallest absolute Gasteiger partial charge is 0.257 e. The zero-order chi connectivity index (χ0) is 21.3. The molecule has 1 aliphatic rings. The molecular formula is C24H25N3O3. The quantitative estimate of drug-likeness (QED) is 0.683. The highest BCUT2D eigenvalue weighted by Crippen LogP contribution is 2.25. The van der Waals surface area contributed by atoms with Crippen molar-refractivity contribution < 1.29 is 14.3 Å². The lowest BCUT2D eigenvalue weighted by atomic mass is 10.2. The van der Waals surface area contributed by atoms with Gasteiger partial charge in [0.05, 0.1) is 12.7 Å². The van der Waals surface area contributed by atoms with E-state index in [0.717, 1.165) is 41.5 Å². The summed E-state index contributed by atoms with van der Waals surface area (Å²) in [7, 11) is 1.64. The standard InChI is InChI=1S/C24H25N3O3/c1-16-15-22(17(2)27(16)20-10-12-21(30-3)13-11-20)24(29)25-18-6-8-19(9-7-18)26-14-4-5-23(26)28/h6-13,15H,4-5,14H2,1-3H3,(H,25,29). The van der Waals surface area contributed by atoms with Gasteiger partial charge in [-0.05, 0) is 74.9 Å². The normalized spacial score (nSPS) is 13.6. The highest BCUT2D eigenvalue weighted by Gasteiger charge is 2.22. The van der Waals surface area contributed by atoms with Crippen LogP contribution in [0.25, 0.3) is 5.69 Å². The molecule has 6 heteroatoms. The molecular weight excluding hydrogens is 378 g/mol. The van der Waals surface area contributed by atoms with Gasteiger partial charge in [0.2, 0.25) is 5.91 Å². The zero-order valence-electron chi connectivity index (χ0n) is 17.4. The van der Waals surface area contributed by atoms with E-state index in [4.69, 9.17) is 4.74 Å². The average Bonchev–Trinajstić information content (AvgIpc) is 3.31. The highest BCUT2D eigenvalue weighted by molar-refractivity contribution is 6.05. The summed E-state index contributed by atoms with van der Waals surface area (Å²) in [5.74, 6) is 0.781. The van der Waals surface area contributed by atoms with Gasteiger partial charge in [-0.3, -0.25) is 9.59 Å². The number of amides is 2. The maximum atomic E-state index is 12.9. The lowest BCUT2D eigenvalue weighted by Crippen LogP contribution is -2.23. The van der Waals surface area contributed by atoms with Crippen LogP contribution >= 0.6 is 0 Å². The Morgan fingerprint density at radius 2 is 1.67 bits per heavy atom. The number of benzene rings is 2. The monoisotopic (exact) mass is 403 g/mol. The van der Waals surface area contributed by atoms with Crippen molar-refractivity contribution in [1.82, 2.24) is 4.57 Å². The molecule has 1 N–H and O–H groups in total. The molecule has 0 radical (unpaired) electrons. The molecule has 0 bridgehead atoms. The van der Waals surface area contributed by atoms with Crippen LogP contribution in [-0.2, 0) is 4.79 Å². The molecule has 6 nitrogen and oxygen atoms in total. The van der Waals surface area contributed by atoms with Crippen molar-refractivity contribution in [3.63, 3.8) is 0 Å². The molecule has 0 aliphatic carbocycles. The Labute approximate surface area is 176 Å². The maximum Gasteiger partial charge on any atom is 0.257 e. The minimum Gasteiger partial charge on any atom is -0.497 e. The van der Waals surface area contributed by atoms with Gasteiger partial charge in [0.15, 0.2) is 0 Å². The Kier molecular flexibility index (Phi) is 5.31. The van der Waals surface area contributed by atoms with E-state index in [1.54, 1.807) is 12.0 Å². The van der Waals surface area contributed by atoms with Crippen molar-refractivity contribution in [1.29, 1.82) is 0 Å². The fourth-order valence-electron chi connectivity index (χ4n) is 3.97. The van der Waals surface area contributed by atoms with Crippen molar-refractivity contribution in [3.05, 3.63) is 71.5 Å². The van der Waals surface area contributed by atoms with Gasteiger partial charge in [-0.1, -0.05) is 0 Å². The molecule has 0 unspecified atom stereocenters. The van der Waals surface area contributed by atoms with Crippen molar-refractivity contribution in [2.45, 2.75) is 26.7 Å². The van der Waals surface area contributed by atoms with Crippen LogP contribution < -0.4 is 15.0 Å². The predicted molar refractivity (Wildman–Crippen MR) is 118 cm³/mol. The second-order valence-electron chi connectivity index (χ2n) is 7.47. The number of hydrogen-bond acceptors (Lipinski definition) is 3. The van der Waals surface area contributed by atoms with Crippen molar-refractivity contribution in [3.8, 4) is 11.4 Å². The lowest BCUT2D eigenvalue weighted by molar-refractivity contribution is -0.117. The first-order valence-corrected chi connectivity index (χ1v) is 10.0. The van der Waals surface area contributed by atoms with E-state index in [2.05, 4.69) is 9.88 Å². The van der Waals surface area contributed by atoms with Crippen molar-refractivity contribution >= 4 is 23.2 Å². The van der Waals surface area contributed by atoms with Gasteiger partial charge in [0, 0.05) is 41.4 Å². The summed E-state index contributed by atoms with van der Waals surface area (Å²) in [6.45, 7) is 4.67. The molecule has 1 saturated heterocycles. The molecule has 30 heavy (non-hydrogen) atoms. The summed E-state index contributed by atoms with van der Waals surface area (Å²) in [6.07, 6.45) is 1.49. The number of anilines is 2. The summed E-state index contributed by atoms with van der Waals surface area (Å²) in [6, 6.07) is 17.1. The minimum absolute atomic E-state index is 0.151. The van der Waals surface area contributed by atoms with E-state index in [0.29, 0.717) is 17.7 Å². The van der Waals surface area contributed by atoms with Crippen LogP contribution in [0, 0.1) is 13.8 Å². The minimum atomic E-state index is -0.159. The number of ether oxygens (including phenoxy) is 1. The molecule has 1 fully saturated rings. The highest BCUT2D eigenvalue weighted by atomic mass is 16.5. The van der Waals surface area contributed by atoms with Gasteiger partial charge in [0.25, 0.3) is 5.91 Å². The molecule has 2 heterocycles. The summed E-state index contributed by atoms with van der Waals surface area (Å²) in [4.78, 5) is 26.6. The number of carbonyl (C=O) groups is 2. The fraction of sp³-hybridized carbons (Fsp3) is 0.250. The van der Waals surface area contributed by atoms with Crippen LogP contribution in [0.3, 0.4) is 0 Å². The van der Waals surface area contributed by atoms with Crippen LogP contribution in [0.2, 0.25) is 0 Å². The Bertz CT molecular complexity index is 1080. The van der Waals surface area contributed by atoms with Crippen LogP contribution in [0.15, 0.2) is 54.6 Å². The molecule has 0 atom stereocenters. The number of aryl methyl sites for hydroxylation is 1. The second-order valence-corrected chi connectivity index (χ2v) is 7.47. The van der Waals surface area contributed by atoms with Crippen molar-refractivity contribution in [2.75, 3.05) is 23.9 Å². The number of aromatic nitrogens is 1. The maximum absolute atomic E-state index is 12.9. The van der Waals surface area contributed by atoms with Crippen molar-refractivity contribution in [2.24, 2.45) is 0 Å². The third-order valence-electron chi connectivity index (χ3n) is 5.52. The number of methoxy groups -OCH3 is 1. The summed E-state index contributed by atoms with van der Waals surface area (Å²) >= 11 is 0. The van der Waals surface area contributed by atoms with Gasteiger partial charge in [-0.25, -0.2) is 0 Å². The molecule has 2 aromatic carbocycles. The molecule has 2 amide bonds. The van der Waals surface area contributed by atoms with E-state index >= 15 is 0 Å². The van der Waals surface area contributed by atoms with Gasteiger partial charge in [-0.2, -0.15) is 0 Å². The largest absolute Gasteiger partial charge is 0.497 e. The van der Waals surface area contributed by atoms with E-state index in [9.17, 15) is 9.59 Å². The average molecular weight is 403 g/mol. The molecule has 0 spiro atoms. The number of nitrogens with zero attached hydrogens (tertiary/aromatic N) is 2. The van der Waals surface area contributed by atoms with Crippen LogP contribution in [-0.4, -0.2) is 30.0 Å². The Hall–Kier alpha value is -3.54. The van der Waals surface area contributed by atoms with E-state index in [-0.39, 0.29) is 11.8 Å². The molecule has 1 aromatic heterocycles. The van der Waals surface area contributed by atoms with Gasteiger partial charge < -0.3 is 19.5 Å². The molecule has 154 valence electrons. The Balaban J connectivity index is 1.53. The van der Waals surface area contributed by atoms with Crippen LogP contribution in [0.5, 0.6) is 5.75 Å². The number of carbonyl (C=O) groups excluding carboxylic acids is 2.